The Kier molecular flexibility index (Phi) is 8.86. The predicted molar refractivity (Wildman–Crippen MR) is 149 cm³/mol. The van der Waals surface area contributed by atoms with Crippen LogP contribution >= 0.6 is 0 Å². The number of amides is 1. The lowest BCUT2D eigenvalue weighted by Crippen LogP contribution is -2.60. The first kappa shape index (κ1) is 32.3. The first-order chi connectivity index (χ1) is 19.4. The molecule has 2 aromatic rings. The maximum Gasteiger partial charge on any atom is 0.458 e. The standard InChI is InChI=1S/C30H38F5N3O3S/c1-27(2,3)37-19-20-13-14-22-21(17-20)9-8-11-24(22)38-16-7-6-15-28(38,18-26(36)39)42(40,41)25-12-5-4-10-23(25)29(31,32)30(33,34)35/h4-5,10,12-14,17,24,37H,6-9,11,15-16,18-19H2,1-3H3,(H2,36,39). The predicted octanol–water partition coefficient (Wildman–Crippen LogP) is 6.14. The van der Waals surface area contributed by atoms with E-state index in [0.717, 1.165) is 41.3 Å². The molecule has 42 heavy (non-hydrogen) atoms. The summed E-state index contributed by atoms with van der Waals surface area (Å²) in [5.74, 6) is -6.41. The molecular formula is C30H38F5N3O3S. The maximum atomic E-state index is 14.7. The number of sulfone groups is 1. The number of likely N-dealkylation sites (tertiary alicyclic amines) is 1. The summed E-state index contributed by atoms with van der Waals surface area (Å²) >= 11 is 0. The molecule has 1 aliphatic heterocycles. The summed E-state index contributed by atoms with van der Waals surface area (Å²) in [6.45, 7) is 7.00. The monoisotopic (exact) mass is 615 g/mol. The Morgan fingerprint density at radius 3 is 2.38 bits per heavy atom. The zero-order chi connectivity index (χ0) is 31.1. The van der Waals surface area contributed by atoms with Gasteiger partial charge < -0.3 is 11.1 Å². The molecular weight excluding hydrogens is 577 g/mol. The second kappa shape index (κ2) is 11.5. The Balaban J connectivity index is 1.85. The van der Waals surface area contributed by atoms with Crippen LogP contribution in [0.1, 0.15) is 87.6 Å². The van der Waals surface area contributed by atoms with E-state index in [0.29, 0.717) is 38.3 Å². The molecule has 1 fully saturated rings. The average molecular weight is 616 g/mol. The summed E-state index contributed by atoms with van der Waals surface area (Å²) in [5.41, 5.74) is 6.74. The highest BCUT2D eigenvalue weighted by atomic mass is 32.2. The van der Waals surface area contributed by atoms with Gasteiger partial charge in [0.1, 0.15) is 4.87 Å². The third-order valence-corrected chi connectivity index (χ3v) is 10.8. The minimum absolute atomic E-state index is 0.103. The molecule has 0 radical (unpaired) electrons. The minimum Gasteiger partial charge on any atom is -0.370 e. The van der Waals surface area contributed by atoms with Crippen LogP contribution in [0.15, 0.2) is 47.4 Å². The zero-order valence-corrected chi connectivity index (χ0v) is 24.8. The van der Waals surface area contributed by atoms with Gasteiger partial charge in [0.05, 0.1) is 11.3 Å². The highest BCUT2D eigenvalue weighted by molar-refractivity contribution is 7.92. The van der Waals surface area contributed by atoms with Crippen molar-refractivity contribution in [3.8, 4) is 0 Å². The number of hydrogen-bond acceptors (Lipinski definition) is 5. The van der Waals surface area contributed by atoms with Crippen molar-refractivity contribution >= 4 is 15.7 Å². The highest BCUT2D eigenvalue weighted by Gasteiger charge is 2.62. The van der Waals surface area contributed by atoms with E-state index in [-0.39, 0.29) is 18.5 Å². The van der Waals surface area contributed by atoms with Crippen molar-refractivity contribution in [1.29, 1.82) is 0 Å². The van der Waals surface area contributed by atoms with E-state index in [2.05, 4.69) is 32.2 Å². The number of halogens is 5. The van der Waals surface area contributed by atoms with Crippen LogP contribution in [0.3, 0.4) is 0 Å². The molecule has 2 unspecified atom stereocenters. The quantitative estimate of drug-likeness (QED) is 0.348. The van der Waals surface area contributed by atoms with Crippen LogP contribution in [0.25, 0.3) is 0 Å². The average Bonchev–Trinajstić information content (AvgIpc) is 2.90. The summed E-state index contributed by atoms with van der Waals surface area (Å²) in [7, 11) is -4.99. The number of nitrogens with zero attached hydrogens (tertiary/aromatic N) is 1. The van der Waals surface area contributed by atoms with Crippen molar-refractivity contribution in [3.63, 3.8) is 0 Å². The molecule has 0 aromatic heterocycles. The Labute approximate surface area is 243 Å². The number of hydrogen-bond donors (Lipinski definition) is 2. The molecule has 0 saturated carbocycles. The molecule has 2 aromatic carbocycles. The second-order valence-corrected chi connectivity index (χ2v) is 14.6. The van der Waals surface area contributed by atoms with Crippen molar-refractivity contribution in [3.05, 3.63) is 64.7 Å². The van der Waals surface area contributed by atoms with E-state index in [1.807, 2.05) is 12.1 Å². The van der Waals surface area contributed by atoms with Gasteiger partial charge in [-0.25, -0.2) is 8.42 Å². The van der Waals surface area contributed by atoms with Crippen LogP contribution in [0, 0.1) is 0 Å². The maximum absolute atomic E-state index is 14.7. The molecule has 3 N–H and O–H groups in total. The topological polar surface area (TPSA) is 92.5 Å². The fourth-order valence-electron chi connectivity index (χ4n) is 6.28. The van der Waals surface area contributed by atoms with Crippen LogP contribution in [-0.2, 0) is 33.5 Å². The van der Waals surface area contributed by atoms with Gasteiger partial charge in [-0.15, -0.1) is 0 Å². The molecule has 2 aliphatic rings. The lowest BCUT2D eigenvalue weighted by Gasteiger charge is -2.51. The van der Waals surface area contributed by atoms with Crippen LogP contribution in [0.4, 0.5) is 22.0 Å². The number of piperidine rings is 1. The third-order valence-electron chi connectivity index (χ3n) is 8.25. The molecule has 1 aliphatic carbocycles. The molecule has 1 heterocycles. The van der Waals surface area contributed by atoms with Crippen molar-refractivity contribution < 1.29 is 35.2 Å². The van der Waals surface area contributed by atoms with Gasteiger partial charge in [-0.3, -0.25) is 9.69 Å². The van der Waals surface area contributed by atoms with Crippen molar-refractivity contribution in [2.75, 3.05) is 6.54 Å². The summed E-state index contributed by atoms with van der Waals surface area (Å²) < 4.78 is 98.9. The van der Waals surface area contributed by atoms with E-state index >= 15 is 0 Å². The van der Waals surface area contributed by atoms with Crippen LogP contribution < -0.4 is 11.1 Å². The second-order valence-electron chi connectivity index (χ2n) is 12.4. The fraction of sp³-hybridized carbons (Fsp3) is 0.567. The summed E-state index contributed by atoms with van der Waals surface area (Å²) in [6.07, 6.45) is -4.01. The van der Waals surface area contributed by atoms with Gasteiger partial charge in [-0.2, -0.15) is 22.0 Å². The molecule has 2 atom stereocenters. The molecule has 1 saturated heterocycles. The SMILES string of the molecule is CC(C)(C)NCc1ccc2c(c1)CCCC2N1CCCCC1(CC(N)=O)S(=O)(=O)c1ccccc1C(F)(F)C(F)(F)F. The molecule has 0 bridgehead atoms. The lowest BCUT2D eigenvalue weighted by molar-refractivity contribution is -0.290. The normalized spacial score (nSPS) is 22.5. The number of aryl methyl sites for hydroxylation is 1. The van der Waals surface area contributed by atoms with E-state index in [9.17, 15) is 35.2 Å². The van der Waals surface area contributed by atoms with Crippen molar-refractivity contribution in [2.45, 2.75) is 106 Å². The van der Waals surface area contributed by atoms with Crippen LogP contribution in [0.2, 0.25) is 0 Å². The van der Waals surface area contributed by atoms with Gasteiger partial charge in [-0.05, 0) is 82.1 Å². The van der Waals surface area contributed by atoms with Crippen LogP contribution in [-0.4, -0.2) is 42.4 Å². The first-order valence-corrected chi connectivity index (χ1v) is 15.6. The van der Waals surface area contributed by atoms with E-state index in [1.165, 1.54) is 0 Å². The summed E-state index contributed by atoms with van der Waals surface area (Å²) in [4.78, 5) is 10.9. The number of rotatable bonds is 8. The lowest BCUT2D eigenvalue weighted by atomic mass is 9.83. The smallest absolute Gasteiger partial charge is 0.370 e. The fourth-order valence-corrected chi connectivity index (χ4v) is 8.70. The Morgan fingerprint density at radius 2 is 1.74 bits per heavy atom. The number of benzene rings is 2. The molecule has 232 valence electrons. The number of carbonyl (C=O) groups excluding carboxylic acids is 1. The molecule has 0 spiro atoms. The Morgan fingerprint density at radius 1 is 1.05 bits per heavy atom. The largest absolute Gasteiger partial charge is 0.458 e. The van der Waals surface area contributed by atoms with Gasteiger partial charge in [0.25, 0.3) is 0 Å². The van der Waals surface area contributed by atoms with Crippen molar-refractivity contribution in [2.24, 2.45) is 5.73 Å². The van der Waals surface area contributed by atoms with Gasteiger partial charge in [0.2, 0.25) is 5.91 Å². The van der Waals surface area contributed by atoms with E-state index in [4.69, 9.17) is 5.73 Å². The third kappa shape index (κ3) is 6.07. The number of primary amides is 1. The number of fused-ring (bicyclic) bond motifs is 1. The van der Waals surface area contributed by atoms with Crippen molar-refractivity contribution in [1.82, 2.24) is 10.2 Å². The number of nitrogens with one attached hydrogen (secondary N) is 1. The van der Waals surface area contributed by atoms with Crippen LogP contribution in [0.5, 0.6) is 0 Å². The van der Waals surface area contributed by atoms with Gasteiger partial charge in [0.15, 0.2) is 9.84 Å². The van der Waals surface area contributed by atoms with Gasteiger partial charge >= 0.3 is 12.1 Å². The molecule has 4 rings (SSSR count). The number of alkyl halides is 5. The molecule has 6 nitrogen and oxygen atoms in total. The summed E-state index contributed by atoms with van der Waals surface area (Å²) in [6, 6.07) is 8.74. The molecule has 12 heteroatoms. The highest BCUT2D eigenvalue weighted by Crippen LogP contribution is 2.51. The Hall–Kier alpha value is -2.57. The van der Waals surface area contributed by atoms with Gasteiger partial charge in [0, 0.05) is 30.2 Å². The van der Waals surface area contributed by atoms with E-state index in [1.54, 1.807) is 4.90 Å². The van der Waals surface area contributed by atoms with E-state index < -0.39 is 55.6 Å². The number of carbonyl (C=O) groups is 1. The molecule has 1 amide bonds. The number of nitrogens with two attached hydrogens (primary N) is 1. The Bertz CT molecular complexity index is 1420. The zero-order valence-electron chi connectivity index (χ0n) is 24.0. The van der Waals surface area contributed by atoms with Gasteiger partial charge in [-0.1, -0.05) is 36.4 Å². The minimum atomic E-state index is -6.02. The summed E-state index contributed by atoms with van der Waals surface area (Å²) in [5, 5.41) is 3.44. The first-order valence-electron chi connectivity index (χ1n) is 14.1.